The third-order valence-electron chi connectivity index (χ3n) is 2.22. The highest BCUT2D eigenvalue weighted by Crippen LogP contribution is 2.53. The first kappa shape index (κ1) is 7.35. The Balaban J connectivity index is 2.38. The summed E-state index contributed by atoms with van der Waals surface area (Å²) in [5, 5.41) is 0. The maximum absolute atomic E-state index is 3.73. The van der Waals surface area contributed by atoms with Crippen LogP contribution in [0.1, 0.15) is 24.0 Å². The van der Waals surface area contributed by atoms with E-state index in [1.165, 1.54) is 24.0 Å². The van der Waals surface area contributed by atoms with Crippen molar-refractivity contribution >= 4 is 15.9 Å². The number of alkyl halides is 1. The summed E-state index contributed by atoms with van der Waals surface area (Å²) < 4.78 is 0.346. The highest BCUT2D eigenvalue weighted by molar-refractivity contribution is 9.09. The number of aryl methyl sites for hydroxylation is 1. The molecule has 0 heterocycles. The first-order valence-corrected chi connectivity index (χ1v) is 4.76. The molecule has 0 amide bonds. The SMILES string of the molecule is Cc1cccc(C2(Br)CC2)c1. The molecule has 0 atom stereocenters. The minimum Gasteiger partial charge on any atom is -0.0801 e. The Hall–Kier alpha value is -0.300. The van der Waals surface area contributed by atoms with E-state index in [9.17, 15) is 0 Å². The normalized spacial score (nSPS) is 19.8. The monoisotopic (exact) mass is 210 g/mol. The molecule has 0 N–H and O–H groups in total. The van der Waals surface area contributed by atoms with Gasteiger partial charge in [-0.3, -0.25) is 0 Å². The van der Waals surface area contributed by atoms with Gasteiger partial charge in [-0.2, -0.15) is 0 Å². The quantitative estimate of drug-likeness (QED) is 0.624. The molecule has 0 spiro atoms. The van der Waals surface area contributed by atoms with Crippen molar-refractivity contribution in [2.45, 2.75) is 24.1 Å². The van der Waals surface area contributed by atoms with Crippen molar-refractivity contribution in [3.05, 3.63) is 35.4 Å². The van der Waals surface area contributed by atoms with Gasteiger partial charge in [-0.15, -0.1) is 0 Å². The first-order valence-electron chi connectivity index (χ1n) is 3.97. The Morgan fingerprint density at radius 3 is 2.64 bits per heavy atom. The molecular weight excluding hydrogens is 200 g/mol. The molecule has 1 aliphatic rings. The molecule has 0 bridgehead atoms. The van der Waals surface area contributed by atoms with E-state index in [1.807, 2.05) is 0 Å². The summed E-state index contributed by atoms with van der Waals surface area (Å²) in [5.74, 6) is 0. The van der Waals surface area contributed by atoms with Gasteiger partial charge < -0.3 is 0 Å². The van der Waals surface area contributed by atoms with Crippen molar-refractivity contribution in [2.75, 3.05) is 0 Å². The summed E-state index contributed by atoms with van der Waals surface area (Å²) in [6.07, 6.45) is 2.58. The predicted molar refractivity (Wildman–Crippen MR) is 51.0 cm³/mol. The third-order valence-corrected chi connectivity index (χ3v) is 3.48. The molecule has 1 saturated carbocycles. The first-order chi connectivity index (χ1) is 5.21. The van der Waals surface area contributed by atoms with E-state index in [-0.39, 0.29) is 0 Å². The van der Waals surface area contributed by atoms with Gasteiger partial charge in [0.1, 0.15) is 0 Å². The van der Waals surface area contributed by atoms with E-state index < -0.39 is 0 Å². The van der Waals surface area contributed by atoms with Crippen LogP contribution in [0.15, 0.2) is 24.3 Å². The number of benzene rings is 1. The molecule has 58 valence electrons. The molecule has 1 heteroatoms. The van der Waals surface area contributed by atoms with Crippen LogP contribution in [0.3, 0.4) is 0 Å². The Kier molecular flexibility index (Phi) is 1.57. The molecule has 1 aromatic carbocycles. The summed E-state index contributed by atoms with van der Waals surface area (Å²) >= 11 is 3.73. The van der Waals surface area contributed by atoms with Gasteiger partial charge in [-0.25, -0.2) is 0 Å². The lowest BCUT2D eigenvalue weighted by atomic mass is 10.1. The van der Waals surface area contributed by atoms with Gasteiger partial charge in [-0.1, -0.05) is 45.8 Å². The van der Waals surface area contributed by atoms with Gasteiger partial charge in [0.15, 0.2) is 0 Å². The minimum absolute atomic E-state index is 0.346. The molecule has 0 nitrogen and oxygen atoms in total. The van der Waals surface area contributed by atoms with E-state index in [0.717, 1.165) is 0 Å². The fourth-order valence-electron chi connectivity index (χ4n) is 1.32. The van der Waals surface area contributed by atoms with Crippen LogP contribution in [-0.2, 0) is 4.32 Å². The summed E-state index contributed by atoms with van der Waals surface area (Å²) in [6.45, 7) is 2.14. The molecule has 0 aromatic heterocycles. The molecule has 0 saturated heterocycles. The van der Waals surface area contributed by atoms with Crippen LogP contribution in [0.4, 0.5) is 0 Å². The van der Waals surface area contributed by atoms with Crippen LogP contribution in [0.5, 0.6) is 0 Å². The van der Waals surface area contributed by atoms with Crippen molar-refractivity contribution in [1.82, 2.24) is 0 Å². The molecule has 0 aliphatic heterocycles. The molecular formula is C10H11Br. The summed E-state index contributed by atoms with van der Waals surface area (Å²) in [4.78, 5) is 0. The summed E-state index contributed by atoms with van der Waals surface area (Å²) in [7, 11) is 0. The second kappa shape index (κ2) is 2.34. The van der Waals surface area contributed by atoms with Crippen molar-refractivity contribution in [2.24, 2.45) is 0 Å². The van der Waals surface area contributed by atoms with E-state index in [0.29, 0.717) is 4.32 Å². The maximum atomic E-state index is 3.73. The molecule has 1 aromatic rings. The van der Waals surface area contributed by atoms with Crippen LogP contribution in [0, 0.1) is 6.92 Å². The van der Waals surface area contributed by atoms with E-state index in [1.54, 1.807) is 0 Å². The Labute approximate surface area is 75.8 Å². The molecule has 2 rings (SSSR count). The second-order valence-electron chi connectivity index (χ2n) is 3.33. The minimum atomic E-state index is 0.346. The van der Waals surface area contributed by atoms with Gasteiger partial charge in [0.05, 0.1) is 4.32 Å². The lowest BCUT2D eigenvalue weighted by molar-refractivity contribution is 1.05. The van der Waals surface area contributed by atoms with Gasteiger partial charge in [-0.05, 0) is 25.3 Å². The molecule has 1 fully saturated rings. The summed E-state index contributed by atoms with van der Waals surface area (Å²) in [6, 6.07) is 8.74. The molecule has 1 aliphatic carbocycles. The van der Waals surface area contributed by atoms with Crippen LogP contribution in [0.25, 0.3) is 0 Å². The number of halogens is 1. The van der Waals surface area contributed by atoms with Gasteiger partial charge in [0.2, 0.25) is 0 Å². The lowest BCUT2D eigenvalue weighted by Crippen LogP contribution is -1.94. The molecule has 11 heavy (non-hydrogen) atoms. The average molecular weight is 211 g/mol. The Morgan fingerprint density at radius 1 is 1.36 bits per heavy atom. The highest BCUT2D eigenvalue weighted by Gasteiger charge is 2.41. The van der Waals surface area contributed by atoms with Crippen molar-refractivity contribution < 1.29 is 0 Å². The van der Waals surface area contributed by atoms with Gasteiger partial charge in [0, 0.05) is 0 Å². The lowest BCUT2D eigenvalue weighted by Gasteiger charge is -2.06. The van der Waals surface area contributed by atoms with Crippen molar-refractivity contribution in [3.63, 3.8) is 0 Å². The van der Waals surface area contributed by atoms with Crippen molar-refractivity contribution in [1.29, 1.82) is 0 Å². The van der Waals surface area contributed by atoms with Gasteiger partial charge in [0.25, 0.3) is 0 Å². The largest absolute Gasteiger partial charge is 0.0801 e. The average Bonchev–Trinajstić information content (AvgIpc) is 2.70. The topological polar surface area (TPSA) is 0 Å². The fraction of sp³-hybridized carbons (Fsp3) is 0.400. The number of hydrogen-bond donors (Lipinski definition) is 0. The fourth-order valence-corrected chi connectivity index (χ4v) is 1.77. The highest BCUT2D eigenvalue weighted by atomic mass is 79.9. The predicted octanol–water partition coefficient (Wildman–Crippen LogP) is 3.38. The van der Waals surface area contributed by atoms with E-state index in [2.05, 4.69) is 47.1 Å². The van der Waals surface area contributed by atoms with Crippen LogP contribution >= 0.6 is 15.9 Å². The number of hydrogen-bond acceptors (Lipinski definition) is 0. The molecule has 0 radical (unpaired) electrons. The van der Waals surface area contributed by atoms with Crippen molar-refractivity contribution in [3.8, 4) is 0 Å². The Bertz CT molecular complexity index is 274. The zero-order valence-corrected chi connectivity index (χ0v) is 8.19. The smallest absolute Gasteiger partial charge is 0.0507 e. The van der Waals surface area contributed by atoms with E-state index >= 15 is 0 Å². The number of rotatable bonds is 1. The van der Waals surface area contributed by atoms with Crippen LogP contribution in [0.2, 0.25) is 0 Å². The van der Waals surface area contributed by atoms with Crippen LogP contribution < -0.4 is 0 Å². The zero-order chi connectivity index (χ0) is 7.90. The Morgan fingerprint density at radius 2 is 2.09 bits per heavy atom. The molecule has 0 unspecified atom stereocenters. The van der Waals surface area contributed by atoms with Gasteiger partial charge >= 0.3 is 0 Å². The summed E-state index contributed by atoms with van der Waals surface area (Å²) in [5.41, 5.74) is 2.80. The maximum Gasteiger partial charge on any atom is 0.0507 e. The van der Waals surface area contributed by atoms with Crippen LogP contribution in [-0.4, -0.2) is 0 Å². The zero-order valence-electron chi connectivity index (χ0n) is 6.60. The second-order valence-corrected chi connectivity index (χ2v) is 4.85. The third kappa shape index (κ3) is 1.34. The standard InChI is InChI=1S/C10H11Br/c1-8-3-2-4-9(7-8)10(11)5-6-10/h2-4,7H,5-6H2,1H3. The van der Waals surface area contributed by atoms with E-state index in [4.69, 9.17) is 0 Å².